The van der Waals surface area contributed by atoms with Gasteiger partial charge in [-0.15, -0.1) is 0 Å². The normalized spacial score (nSPS) is 16.2. The molecule has 0 aliphatic heterocycles. The summed E-state index contributed by atoms with van der Waals surface area (Å²) in [5, 5.41) is 3.15. The van der Waals surface area contributed by atoms with Gasteiger partial charge in [0.05, 0.1) is 6.54 Å². The van der Waals surface area contributed by atoms with Crippen LogP contribution >= 0.6 is 0 Å². The fourth-order valence-corrected chi connectivity index (χ4v) is 1.07. The Labute approximate surface area is 74.1 Å². The molecule has 1 rings (SSSR count). The van der Waals surface area contributed by atoms with Crippen molar-refractivity contribution < 1.29 is 4.79 Å². The van der Waals surface area contributed by atoms with Crippen LogP contribution in [0, 0.1) is 5.92 Å². The van der Waals surface area contributed by atoms with E-state index < -0.39 is 0 Å². The maximum absolute atomic E-state index is 11.1. The van der Waals surface area contributed by atoms with Gasteiger partial charge in [0.1, 0.15) is 0 Å². The molecule has 1 aliphatic rings. The van der Waals surface area contributed by atoms with Crippen LogP contribution < -0.4 is 5.32 Å². The van der Waals surface area contributed by atoms with Gasteiger partial charge < -0.3 is 10.2 Å². The highest BCUT2D eigenvalue weighted by Crippen LogP contribution is 2.31. The van der Waals surface area contributed by atoms with E-state index in [1.807, 2.05) is 0 Å². The van der Waals surface area contributed by atoms with Gasteiger partial charge in [0.2, 0.25) is 5.91 Å². The van der Waals surface area contributed by atoms with Gasteiger partial charge in [-0.25, -0.2) is 0 Å². The van der Waals surface area contributed by atoms with Crippen LogP contribution in [0.3, 0.4) is 0 Å². The summed E-state index contributed by atoms with van der Waals surface area (Å²) < 4.78 is 0. The van der Waals surface area contributed by atoms with Gasteiger partial charge in [-0.05, 0) is 18.9 Å². The number of rotatable bonds is 5. The van der Waals surface area contributed by atoms with Crippen molar-refractivity contribution in [1.82, 2.24) is 10.2 Å². The lowest BCUT2D eigenvalue weighted by atomic mass is 10.3. The Hall–Kier alpha value is -0.570. The Morgan fingerprint density at radius 2 is 2.17 bits per heavy atom. The summed E-state index contributed by atoms with van der Waals surface area (Å²) >= 11 is 0. The lowest BCUT2D eigenvalue weighted by Crippen LogP contribution is -2.33. The predicted molar refractivity (Wildman–Crippen MR) is 48.9 cm³/mol. The van der Waals surface area contributed by atoms with Crippen LogP contribution in [-0.4, -0.2) is 38.0 Å². The molecule has 1 amide bonds. The summed E-state index contributed by atoms with van der Waals surface area (Å²) in [5.74, 6) is 1.11. The molecule has 0 saturated heterocycles. The van der Waals surface area contributed by atoms with Crippen LogP contribution in [-0.2, 0) is 4.79 Å². The molecule has 1 N–H and O–H groups in total. The van der Waals surface area contributed by atoms with Gasteiger partial charge in [0.25, 0.3) is 0 Å². The van der Waals surface area contributed by atoms with E-state index in [0.717, 1.165) is 12.5 Å². The number of amides is 1. The highest BCUT2D eigenvalue weighted by molar-refractivity contribution is 5.77. The smallest absolute Gasteiger partial charge is 0.236 e. The van der Waals surface area contributed by atoms with Crippen LogP contribution in [0.4, 0.5) is 0 Å². The standard InChI is InChI=1S/C9H18N2O/c1-11(2)9(12)7-10-6-5-8-3-4-8/h8,10H,3-7H2,1-2H3. The van der Waals surface area contributed by atoms with Crippen LogP contribution in [0.2, 0.25) is 0 Å². The van der Waals surface area contributed by atoms with Crippen molar-refractivity contribution in [3.8, 4) is 0 Å². The third-order valence-corrected chi connectivity index (χ3v) is 2.20. The van der Waals surface area contributed by atoms with Gasteiger partial charge in [-0.1, -0.05) is 12.8 Å². The van der Waals surface area contributed by atoms with Crippen molar-refractivity contribution in [2.45, 2.75) is 19.3 Å². The van der Waals surface area contributed by atoms with Crippen molar-refractivity contribution in [3.63, 3.8) is 0 Å². The van der Waals surface area contributed by atoms with Gasteiger partial charge >= 0.3 is 0 Å². The quantitative estimate of drug-likeness (QED) is 0.608. The van der Waals surface area contributed by atoms with E-state index in [0.29, 0.717) is 6.54 Å². The minimum Gasteiger partial charge on any atom is -0.348 e. The average molecular weight is 170 g/mol. The van der Waals surface area contributed by atoms with Crippen molar-refractivity contribution in [2.24, 2.45) is 5.92 Å². The summed E-state index contributed by atoms with van der Waals surface area (Å²) in [7, 11) is 3.57. The molecule has 0 bridgehead atoms. The predicted octanol–water partition coefficient (Wildman–Crippen LogP) is 0.464. The van der Waals surface area contributed by atoms with E-state index in [9.17, 15) is 4.79 Å². The van der Waals surface area contributed by atoms with E-state index in [4.69, 9.17) is 0 Å². The first-order chi connectivity index (χ1) is 5.70. The minimum atomic E-state index is 0.158. The molecule has 12 heavy (non-hydrogen) atoms. The van der Waals surface area contributed by atoms with Crippen LogP contribution in [0.15, 0.2) is 0 Å². The summed E-state index contributed by atoms with van der Waals surface area (Å²) in [6.07, 6.45) is 4.02. The second-order valence-electron chi connectivity index (χ2n) is 3.70. The third-order valence-electron chi connectivity index (χ3n) is 2.20. The summed E-state index contributed by atoms with van der Waals surface area (Å²) in [6, 6.07) is 0. The monoisotopic (exact) mass is 170 g/mol. The van der Waals surface area contributed by atoms with Crippen molar-refractivity contribution in [3.05, 3.63) is 0 Å². The highest BCUT2D eigenvalue weighted by atomic mass is 16.2. The molecule has 0 unspecified atom stereocenters. The second kappa shape index (κ2) is 4.45. The number of likely N-dealkylation sites (N-methyl/N-ethyl adjacent to an activating group) is 1. The highest BCUT2D eigenvalue weighted by Gasteiger charge is 2.20. The lowest BCUT2D eigenvalue weighted by Gasteiger charge is -2.10. The van der Waals surface area contributed by atoms with E-state index in [1.54, 1.807) is 19.0 Å². The van der Waals surface area contributed by atoms with Gasteiger partial charge in [0.15, 0.2) is 0 Å². The Bertz CT molecular complexity index is 153. The summed E-state index contributed by atoms with van der Waals surface area (Å²) in [5.41, 5.74) is 0. The first-order valence-corrected chi connectivity index (χ1v) is 4.61. The first-order valence-electron chi connectivity index (χ1n) is 4.61. The molecule has 1 fully saturated rings. The van der Waals surface area contributed by atoms with Crippen LogP contribution in [0.5, 0.6) is 0 Å². The number of carbonyl (C=O) groups is 1. The molecule has 0 aromatic heterocycles. The molecule has 0 heterocycles. The zero-order valence-corrected chi connectivity index (χ0v) is 7.97. The average Bonchev–Trinajstić information content (AvgIpc) is 2.80. The Morgan fingerprint density at radius 3 is 2.67 bits per heavy atom. The topological polar surface area (TPSA) is 32.3 Å². The molecule has 1 saturated carbocycles. The number of hydrogen-bond donors (Lipinski definition) is 1. The lowest BCUT2D eigenvalue weighted by molar-refractivity contribution is -0.127. The van der Waals surface area contributed by atoms with Gasteiger partial charge in [-0.2, -0.15) is 0 Å². The zero-order valence-electron chi connectivity index (χ0n) is 7.97. The third kappa shape index (κ3) is 3.72. The number of carbonyl (C=O) groups excluding carboxylic acids is 1. The second-order valence-corrected chi connectivity index (χ2v) is 3.70. The molecule has 0 aromatic carbocycles. The van der Waals surface area contributed by atoms with Crippen molar-refractivity contribution in [1.29, 1.82) is 0 Å². The molecule has 0 aromatic rings. The van der Waals surface area contributed by atoms with E-state index in [1.165, 1.54) is 19.3 Å². The molecule has 1 aliphatic carbocycles. The molecular formula is C9H18N2O. The molecule has 0 atom stereocenters. The Balaban J connectivity index is 1.90. The molecule has 0 radical (unpaired) electrons. The largest absolute Gasteiger partial charge is 0.348 e. The van der Waals surface area contributed by atoms with Crippen LogP contribution in [0.1, 0.15) is 19.3 Å². The maximum Gasteiger partial charge on any atom is 0.236 e. The van der Waals surface area contributed by atoms with E-state index in [-0.39, 0.29) is 5.91 Å². The van der Waals surface area contributed by atoms with Gasteiger partial charge in [0, 0.05) is 14.1 Å². The fourth-order valence-electron chi connectivity index (χ4n) is 1.07. The molecule has 0 spiro atoms. The molecule has 3 heteroatoms. The molecule has 3 nitrogen and oxygen atoms in total. The first kappa shape index (κ1) is 9.52. The number of nitrogens with zero attached hydrogens (tertiary/aromatic N) is 1. The summed E-state index contributed by atoms with van der Waals surface area (Å²) in [4.78, 5) is 12.7. The SMILES string of the molecule is CN(C)C(=O)CNCCC1CC1. The van der Waals surface area contributed by atoms with Crippen molar-refractivity contribution >= 4 is 5.91 Å². The van der Waals surface area contributed by atoms with E-state index >= 15 is 0 Å². The Kier molecular flexibility index (Phi) is 3.53. The Morgan fingerprint density at radius 1 is 1.50 bits per heavy atom. The number of nitrogens with one attached hydrogen (secondary N) is 1. The molecule has 70 valence electrons. The maximum atomic E-state index is 11.1. The van der Waals surface area contributed by atoms with Crippen molar-refractivity contribution in [2.75, 3.05) is 27.2 Å². The van der Waals surface area contributed by atoms with E-state index in [2.05, 4.69) is 5.32 Å². The minimum absolute atomic E-state index is 0.158. The van der Waals surface area contributed by atoms with Gasteiger partial charge in [-0.3, -0.25) is 4.79 Å². The zero-order chi connectivity index (χ0) is 8.97. The van der Waals surface area contributed by atoms with Crippen LogP contribution in [0.25, 0.3) is 0 Å². The fraction of sp³-hybridized carbons (Fsp3) is 0.889. The molecular weight excluding hydrogens is 152 g/mol. The number of hydrogen-bond acceptors (Lipinski definition) is 2. The summed E-state index contributed by atoms with van der Waals surface area (Å²) in [6.45, 7) is 1.48.